The minimum absolute atomic E-state index is 0.0392. The second-order valence-electron chi connectivity index (χ2n) is 4.43. The van der Waals surface area contributed by atoms with E-state index in [1.54, 1.807) is 0 Å². The van der Waals surface area contributed by atoms with Gasteiger partial charge in [-0.1, -0.05) is 18.2 Å². The van der Waals surface area contributed by atoms with Crippen molar-refractivity contribution in [1.82, 2.24) is 0 Å². The van der Waals surface area contributed by atoms with Crippen LogP contribution in [0.5, 0.6) is 5.75 Å². The number of esters is 1. The van der Waals surface area contributed by atoms with Gasteiger partial charge in [0, 0.05) is 0 Å². The summed E-state index contributed by atoms with van der Waals surface area (Å²) < 4.78 is 15.7. The third-order valence-corrected chi connectivity index (χ3v) is 3.02. The molecule has 0 amide bonds. The van der Waals surface area contributed by atoms with E-state index < -0.39 is 0 Å². The zero-order valence-electron chi connectivity index (χ0n) is 11.0. The molecule has 1 aliphatic rings. The summed E-state index contributed by atoms with van der Waals surface area (Å²) in [5, 5.41) is 0. The van der Waals surface area contributed by atoms with Crippen molar-refractivity contribution in [3.8, 4) is 5.75 Å². The van der Waals surface area contributed by atoms with Gasteiger partial charge in [-0.2, -0.15) is 0 Å². The first-order valence-electron chi connectivity index (χ1n) is 6.59. The van der Waals surface area contributed by atoms with Crippen LogP contribution >= 0.6 is 0 Å². The first-order valence-corrected chi connectivity index (χ1v) is 6.59. The van der Waals surface area contributed by atoms with Crippen LogP contribution in [-0.2, 0) is 14.3 Å². The summed E-state index contributed by atoms with van der Waals surface area (Å²) in [5.74, 6) is 0.356. The number of para-hydroxylation sites is 1. The third kappa shape index (κ3) is 5.28. The molecule has 1 N–H and O–H groups in total. The molecule has 1 aromatic carbocycles. The van der Waals surface area contributed by atoms with E-state index in [1.165, 1.54) is 4.90 Å². The molecule has 19 heavy (non-hydrogen) atoms. The number of morpholine rings is 1. The van der Waals surface area contributed by atoms with Crippen molar-refractivity contribution in [2.24, 2.45) is 0 Å². The molecule has 1 aromatic rings. The van der Waals surface area contributed by atoms with Crippen LogP contribution in [0.25, 0.3) is 0 Å². The Labute approximate surface area is 113 Å². The predicted molar refractivity (Wildman–Crippen MR) is 69.3 cm³/mol. The topological polar surface area (TPSA) is 49.2 Å². The fraction of sp³-hybridized carbons (Fsp3) is 0.500. The van der Waals surface area contributed by atoms with Gasteiger partial charge in [-0.05, 0) is 12.1 Å². The number of carbonyl (C=O) groups excluding carboxylic acids is 1. The van der Waals surface area contributed by atoms with Crippen LogP contribution in [0.4, 0.5) is 0 Å². The van der Waals surface area contributed by atoms with E-state index in [2.05, 4.69) is 0 Å². The average molecular weight is 266 g/mol. The molecule has 0 saturated carbocycles. The average Bonchev–Trinajstić information content (AvgIpc) is 2.47. The lowest BCUT2D eigenvalue weighted by atomic mass is 10.3. The van der Waals surface area contributed by atoms with E-state index in [4.69, 9.17) is 14.2 Å². The normalized spacial score (nSPS) is 16.0. The quantitative estimate of drug-likeness (QED) is 0.707. The highest BCUT2D eigenvalue weighted by atomic mass is 16.6. The molecule has 0 aromatic heterocycles. The van der Waals surface area contributed by atoms with Crippen molar-refractivity contribution in [1.29, 1.82) is 0 Å². The lowest BCUT2D eigenvalue weighted by Crippen LogP contribution is -3.14. The van der Waals surface area contributed by atoms with Gasteiger partial charge in [0.15, 0.2) is 6.61 Å². The largest absolute Gasteiger partial charge is 0.482 e. The number of nitrogens with one attached hydrogen (secondary N) is 1. The summed E-state index contributed by atoms with van der Waals surface area (Å²) in [5.41, 5.74) is 0. The Balaban J connectivity index is 1.57. The van der Waals surface area contributed by atoms with Gasteiger partial charge in [0.25, 0.3) is 0 Å². The van der Waals surface area contributed by atoms with E-state index in [-0.39, 0.29) is 12.6 Å². The first kappa shape index (κ1) is 13.8. The van der Waals surface area contributed by atoms with Crippen LogP contribution in [0, 0.1) is 0 Å². The monoisotopic (exact) mass is 266 g/mol. The Morgan fingerprint density at radius 1 is 1.21 bits per heavy atom. The zero-order chi connectivity index (χ0) is 13.3. The maximum Gasteiger partial charge on any atom is 0.344 e. The summed E-state index contributed by atoms with van der Waals surface area (Å²) >= 11 is 0. The van der Waals surface area contributed by atoms with Gasteiger partial charge in [-0.3, -0.25) is 0 Å². The standard InChI is InChI=1S/C14H19NO4/c16-14(12-19-13-4-2-1-3-5-13)18-11-8-15-6-9-17-10-7-15/h1-5H,6-12H2/p+1. The van der Waals surface area contributed by atoms with Crippen molar-refractivity contribution >= 4 is 5.97 Å². The summed E-state index contributed by atoms with van der Waals surface area (Å²) in [4.78, 5) is 12.9. The fourth-order valence-electron chi connectivity index (χ4n) is 1.92. The predicted octanol–water partition coefficient (Wildman–Crippen LogP) is -0.476. The number of rotatable bonds is 6. The molecular weight excluding hydrogens is 246 g/mol. The molecule has 1 aliphatic heterocycles. The van der Waals surface area contributed by atoms with Crippen LogP contribution in [0.2, 0.25) is 0 Å². The molecule has 1 heterocycles. The van der Waals surface area contributed by atoms with Crippen LogP contribution < -0.4 is 9.64 Å². The van der Waals surface area contributed by atoms with Crippen molar-refractivity contribution in [2.75, 3.05) is 46.1 Å². The van der Waals surface area contributed by atoms with E-state index >= 15 is 0 Å². The number of hydrogen-bond donors (Lipinski definition) is 1. The van der Waals surface area contributed by atoms with Crippen LogP contribution in [0.1, 0.15) is 0 Å². The molecule has 5 heteroatoms. The molecule has 0 atom stereocenters. The Kier molecular flexibility index (Phi) is 5.65. The van der Waals surface area contributed by atoms with Crippen molar-refractivity contribution in [3.63, 3.8) is 0 Å². The molecule has 1 fully saturated rings. The Morgan fingerprint density at radius 3 is 2.68 bits per heavy atom. The maximum absolute atomic E-state index is 11.5. The summed E-state index contributed by atoms with van der Waals surface area (Å²) in [7, 11) is 0. The van der Waals surface area contributed by atoms with E-state index in [1.807, 2.05) is 30.3 Å². The molecular formula is C14H20NO4+. The van der Waals surface area contributed by atoms with Crippen molar-refractivity contribution < 1.29 is 23.9 Å². The molecule has 104 valence electrons. The Bertz CT molecular complexity index is 376. The second-order valence-corrected chi connectivity index (χ2v) is 4.43. The fourth-order valence-corrected chi connectivity index (χ4v) is 1.92. The molecule has 0 bridgehead atoms. The molecule has 0 aliphatic carbocycles. The van der Waals surface area contributed by atoms with Crippen molar-refractivity contribution in [2.45, 2.75) is 0 Å². The molecule has 2 rings (SSSR count). The molecule has 0 unspecified atom stereocenters. The smallest absolute Gasteiger partial charge is 0.344 e. The van der Waals surface area contributed by atoms with Crippen molar-refractivity contribution in [3.05, 3.63) is 30.3 Å². The first-order chi connectivity index (χ1) is 9.34. The van der Waals surface area contributed by atoms with Crippen LogP contribution in [0.15, 0.2) is 30.3 Å². The summed E-state index contributed by atoms with van der Waals surface area (Å²) in [6.07, 6.45) is 0. The van der Waals surface area contributed by atoms with Gasteiger partial charge in [0.2, 0.25) is 0 Å². The Morgan fingerprint density at radius 2 is 1.95 bits per heavy atom. The van der Waals surface area contributed by atoms with Gasteiger partial charge in [0.05, 0.1) is 13.2 Å². The van der Waals surface area contributed by atoms with E-state index in [0.29, 0.717) is 12.4 Å². The highest BCUT2D eigenvalue weighted by Gasteiger charge is 2.14. The van der Waals surface area contributed by atoms with Gasteiger partial charge in [-0.25, -0.2) is 4.79 Å². The summed E-state index contributed by atoms with van der Waals surface area (Å²) in [6, 6.07) is 9.25. The maximum atomic E-state index is 11.5. The highest BCUT2D eigenvalue weighted by Crippen LogP contribution is 2.07. The lowest BCUT2D eigenvalue weighted by molar-refractivity contribution is -0.908. The number of ether oxygens (including phenoxy) is 3. The summed E-state index contributed by atoms with van der Waals surface area (Å²) in [6.45, 7) is 4.78. The third-order valence-electron chi connectivity index (χ3n) is 3.02. The highest BCUT2D eigenvalue weighted by molar-refractivity contribution is 5.71. The van der Waals surface area contributed by atoms with Crippen LogP contribution in [-0.4, -0.2) is 52.0 Å². The molecule has 1 saturated heterocycles. The zero-order valence-corrected chi connectivity index (χ0v) is 11.0. The number of carbonyl (C=O) groups is 1. The Hall–Kier alpha value is -1.59. The SMILES string of the molecule is O=C(COc1ccccc1)OCC[NH+]1CCOCC1. The minimum Gasteiger partial charge on any atom is -0.482 e. The molecule has 5 nitrogen and oxygen atoms in total. The number of benzene rings is 1. The van der Waals surface area contributed by atoms with E-state index in [9.17, 15) is 4.79 Å². The lowest BCUT2D eigenvalue weighted by Gasteiger charge is -2.23. The van der Waals surface area contributed by atoms with Gasteiger partial charge >= 0.3 is 5.97 Å². The van der Waals surface area contributed by atoms with E-state index in [0.717, 1.165) is 32.8 Å². The van der Waals surface area contributed by atoms with Gasteiger partial charge in [-0.15, -0.1) is 0 Å². The van der Waals surface area contributed by atoms with Gasteiger partial charge in [0.1, 0.15) is 32.0 Å². The molecule has 0 spiro atoms. The number of hydrogen-bond acceptors (Lipinski definition) is 4. The minimum atomic E-state index is -0.323. The van der Waals surface area contributed by atoms with Crippen LogP contribution in [0.3, 0.4) is 0 Å². The second kappa shape index (κ2) is 7.76. The molecule has 0 radical (unpaired) electrons. The number of quaternary nitrogens is 1. The van der Waals surface area contributed by atoms with Gasteiger partial charge < -0.3 is 19.1 Å².